The normalized spacial score (nSPS) is 27.6. The maximum Gasteiger partial charge on any atom is 0.125 e. The van der Waals surface area contributed by atoms with Crippen LogP contribution in [0.3, 0.4) is 0 Å². The van der Waals surface area contributed by atoms with Gasteiger partial charge >= 0.3 is 0 Å². The largest absolute Gasteiger partial charge is 0.500 e. The van der Waals surface area contributed by atoms with E-state index in [0.717, 1.165) is 0 Å². The highest BCUT2D eigenvalue weighted by Crippen LogP contribution is 2.27. The Balaban J connectivity index is 2.93. The Labute approximate surface area is 77.3 Å². The van der Waals surface area contributed by atoms with Crippen molar-refractivity contribution >= 4 is 0 Å². The number of rotatable bonds is 3. The van der Waals surface area contributed by atoms with Gasteiger partial charge in [0.25, 0.3) is 0 Å². The summed E-state index contributed by atoms with van der Waals surface area (Å²) in [4.78, 5) is 0. The summed E-state index contributed by atoms with van der Waals surface area (Å²) in [7, 11) is 3.04. The van der Waals surface area contributed by atoms with Crippen LogP contribution in [0.15, 0.2) is 36.4 Å². The lowest BCUT2D eigenvalue weighted by Gasteiger charge is -2.25. The number of hydrogen-bond donors (Lipinski definition) is 0. The van der Waals surface area contributed by atoms with E-state index >= 15 is 0 Å². The molecule has 72 valence electrons. The van der Waals surface area contributed by atoms with Gasteiger partial charge in [-0.05, 0) is 6.08 Å². The van der Waals surface area contributed by atoms with Crippen LogP contribution < -0.4 is 0 Å². The van der Waals surface area contributed by atoms with Gasteiger partial charge in [-0.15, -0.1) is 6.58 Å². The molecule has 0 aliphatic heterocycles. The topological polar surface area (TPSA) is 18.5 Å². The number of hydrogen-bond acceptors (Lipinski definition) is 2. The first-order valence-electron chi connectivity index (χ1n) is 4.01. The van der Waals surface area contributed by atoms with Crippen LogP contribution in [0, 0.1) is 5.92 Å². The minimum Gasteiger partial charge on any atom is -0.500 e. The van der Waals surface area contributed by atoms with Crippen molar-refractivity contribution in [3.8, 4) is 0 Å². The molecule has 0 aromatic rings. The molecule has 0 radical (unpaired) electrons. The molecule has 1 aliphatic carbocycles. The van der Waals surface area contributed by atoms with Gasteiger partial charge < -0.3 is 9.47 Å². The molecular formula is C10H13FO2. The Bertz CT molecular complexity index is 256. The second-order valence-corrected chi connectivity index (χ2v) is 2.76. The van der Waals surface area contributed by atoms with Crippen molar-refractivity contribution in [2.75, 3.05) is 14.2 Å². The SMILES string of the molecule is C=CC1C(OC)=CC(F)=CC1OC. The Morgan fingerprint density at radius 1 is 1.54 bits per heavy atom. The molecule has 3 heteroatoms. The lowest BCUT2D eigenvalue weighted by atomic mass is 9.95. The highest BCUT2D eigenvalue weighted by Gasteiger charge is 2.25. The van der Waals surface area contributed by atoms with Crippen molar-refractivity contribution in [1.29, 1.82) is 0 Å². The Morgan fingerprint density at radius 3 is 2.69 bits per heavy atom. The van der Waals surface area contributed by atoms with Crippen LogP contribution in [-0.2, 0) is 9.47 Å². The third-order valence-electron chi connectivity index (χ3n) is 2.05. The van der Waals surface area contributed by atoms with Crippen LogP contribution in [0.1, 0.15) is 0 Å². The van der Waals surface area contributed by atoms with Gasteiger partial charge in [0.2, 0.25) is 0 Å². The van der Waals surface area contributed by atoms with E-state index < -0.39 is 0 Å². The average molecular weight is 184 g/mol. The van der Waals surface area contributed by atoms with Crippen molar-refractivity contribution in [3.05, 3.63) is 36.4 Å². The fraction of sp³-hybridized carbons (Fsp3) is 0.400. The molecule has 2 nitrogen and oxygen atoms in total. The van der Waals surface area contributed by atoms with Crippen LogP contribution in [0.25, 0.3) is 0 Å². The smallest absolute Gasteiger partial charge is 0.125 e. The molecule has 2 unspecified atom stereocenters. The predicted molar refractivity (Wildman–Crippen MR) is 48.8 cm³/mol. The predicted octanol–water partition coefficient (Wildman–Crippen LogP) is 2.20. The summed E-state index contributed by atoms with van der Waals surface area (Å²) in [6, 6.07) is 0. The molecule has 0 aromatic carbocycles. The Morgan fingerprint density at radius 2 is 2.23 bits per heavy atom. The summed E-state index contributed by atoms with van der Waals surface area (Å²) in [5, 5.41) is 0. The molecule has 0 spiro atoms. The van der Waals surface area contributed by atoms with Gasteiger partial charge in [0.05, 0.1) is 19.1 Å². The highest BCUT2D eigenvalue weighted by atomic mass is 19.1. The van der Waals surface area contributed by atoms with E-state index in [1.807, 2.05) is 0 Å². The number of halogens is 1. The molecule has 13 heavy (non-hydrogen) atoms. The summed E-state index contributed by atoms with van der Waals surface area (Å²) in [6.45, 7) is 3.65. The molecule has 0 aromatic heterocycles. The minimum atomic E-state index is -0.332. The summed E-state index contributed by atoms with van der Waals surface area (Å²) < 4.78 is 23.1. The van der Waals surface area contributed by atoms with Crippen molar-refractivity contribution < 1.29 is 13.9 Å². The van der Waals surface area contributed by atoms with Crippen LogP contribution in [0.2, 0.25) is 0 Å². The summed E-state index contributed by atoms with van der Waals surface area (Å²) in [5.74, 6) is 0.109. The van der Waals surface area contributed by atoms with Gasteiger partial charge in [-0.25, -0.2) is 4.39 Å². The van der Waals surface area contributed by atoms with E-state index in [0.29, 0.717) is 5.76 Å². The third-order valence-corrected chi connectivity index (χ3v) is 2.05. The molecule has 0 fully saturated rings. The quantitative estimate of drug-likeness (QED) is 0.626. The molecule has 0 amide bonds. The van der Waals surface area contributed by atoms with Crippen molar-refractivity contribution in [2.24, 2.45) is 5.92 Å². The lowest BCUT2D eigenvalue weighted by Crippen LogP contribution is -2.24. The second kappa shape index (κ2) is 4.23. The zero-order valence-corrected chi connectivity index (χ0v) is 7.79. The van der Waals surface area contributed by atoms with E-state index in [1.54, 1.807) is 6.08 Å². The monoisotopic (exact) mass is 184 g/mol. The molecule has 0 heterocycles. The van der Waals surface area contributed by atoms with Crippen molar-refractivity contribution in [3.63, 3.8) is 0 Å². The third kappa shape index (κ3) is 1.98. The van der Waals surface area contributed by atoms with E-state index in [9.17, 15) is 4.39 Å². The average Bonchev–Trinajstić information content (AvgIpc) is 2.16. The first kappa shape index (κ1) is 9.99. The molecule has 1 rings (SSSR count). The molecule has 1 aliphatic rings. The number of ether oxygens (including phenoxy) is 2. The number of methoxy groups -OCH3 is 2. The van der Waals surface area contributed by atoms with Crippen LogP contribution >= 0.6 is 0 Å². The zero-order chi connectivity index (χ0) is 9.84. The maximum atomic E-state index is 13.0. The first-order valence-corrected chi connectivity index (χ1v) is 4.01. The second-order valence-electron chi connectivity index (χ2n) is 2.76. The Hall–Kier alpha value is -1.09. The van der Waals surface area contributed by atoms with Crippen molar-refractivity contribution in [2.45, 2.75) is 6.10 Å². The van der Waals surface area contributed by atoms with Crippen LogP contribution in [-0.4, -0.2) is 20.3 Å². The van der Waals surface area contributed by atoms with Crippen LogP contribution in [0.4, 0.5) is 4.39 Å². The lowest BCUT2D eigenvalue weighted by molar-refractivity contribution is 0.0900. The molecule has 0 saturated heterocycles. The van der Waals surface area contributed by atoms with Gasteiger partial charge in [0, 0.05) is 13.2 Å². The van der Waals surface area contributed by atoms with E-state index in [4.69, 9.17) is 9.47 Å². The molecule has 0 bridgehead atoms. The van der Waals surface area contributed by atoms with Crippen molar-refractivity contribution in [1.82, 2.24) is 0 Å². The van der Waals surface area contributed by atoms with Gasteiger partial charge in [-0.3, -0.25) is 0 Å². The van der Waals surface area contributed by atoms with Gasteiger partial charge in [-0.1, -0.05) is 6.08 Å². The highest BCUT2D eigenvalue weighted by molar-refractivity contribution is 5.28. The fourth-order valence-electron chi connectivity index (χ4n) is 1.36. The Kier molecular flexibility index (Phi) is 3.25. The zero-order valence-electron chi connectivity index (χ0n) is 7.79. The first-order chi connectivity index (χ1) is 6.22. The van der Waals surface area contributed by atoms with Crippen LogP contribution in [0.5, 0.6) is 0 Å². The molecular weight excluding hydrogens is 171 g/mol. The fourth-order valence-corrected chi connectivity index (χ4v) is 1.36. The van der Waals surface area contributed by atoms with E-state index in [-0.39, 0.29) is 17.8 Å². The molecule has 0 N–H and O–H groups in total. The van der Waals surface area contributed by atoms with E-state index in [2.05, 4.69) is 6.58 Å². The maximum absolute atomic E-state index is 13.0. The summed E-state index contributed by atoms with van der Waals surface area (Å²) in [5.41, 5.74) is 0. The number of allylic oxidation sites excluding steroid dienone is 2. The summed E-state index contributed by atoms with van der Waals surface area (Å²) in [6.07, 6.45) is 4.13. The van der Waals surface area contributed by atoms with Gasteiger partial charge in [-0.2, -0.15) is 0 Å². The van der Waals surface area contributed by atoms with E-state index in [1.165, 1.54) is 26.4 Å². The molecule has 0 saturated carbocycles. The van der Waals surface area contributed by atoms with Gasteiger partial charge in [0.1, 0.15) is 11.6 Å². The minimum absolute atomic E-state index is 0.102. The summed E-state index contributed by atoms with van der Waals surface area (Å²) >= 11 is 0. The molecule has 2 atom stereocenters. The standard InChI is InChI=1S/C10H13FO2/c1-4-8-9(12-2)5-7(11)6-10(8)13-3/h4-6,8-9H,1H2,2-3H3. The van der Waals surface area contributed by atoms with Gasteiger partial charge in [0.15, 0.2) is 0 Å².